The number of nitrogens with one attached hydrogen (secondary N) is 1. The number of hydrogen-bond acceptors (Lipinski definition) is 4. The third-order valence-electron chi connectivity index (χ3n) is 4.00. The van der Waals surface area contributed by atoms with Crippen LogP contribution in [0.15, 0.2) is 18.3 Å². The van der Waals surface area contributed by atoms with Crippen LogP contribution >= 0.6 is 11.6 Å². The number of rotatable bonds is 4. The molecule has 6 heteroatoms. The minimum Gasteiger partial charge on any atom is -0.353 e. The lowest BCUT2D eigenvalue weighted by Gasteiger charge is -2.30. The number of hydrogen-bond donors (Lipinski definition) is 1. The molecule has 5 nitrogen and oxygen atoms in total. The summed E-state index contributed by atoms with van der Waals surface area (Å²) in [6, 6.07) is 3.70. The Hall–Kier alpha value is -1.33. The van der Waals surface area contributed by atoms with Crippen molar-refractivity contribution >= 4 is 23.2 Å². The first kappa shape index (κ1) is 13.6. The van der Waals surface area contributed by atoms with Crippen LogP contribution < -0.4 is 5.32 Å². The lowest BCUT2D eigenvalue weighted by molar-refractivity contribution is 0.198. The number of anilines is 1. The average molecular weight is 294 g/mol. The van der Waals surface area contributed by atoms with E-state index in [4.69, 9.17) is 11.6 Å². The quantitative estimate of drug-likeness (QED) is 0.941. The van der Waals surface area contributed by atoms with Gasteiger partial charge < -0.3 is 10.2 Å². The van der Waals surface area contributed by atoms with Crippen LogP contribution in [-0.4, -0.2) is 45.7 Å². The van der Waals surface area contributed by atoms with Gasteiger partial charge in [0, 0.05) is 12.7 Å². The van der Waals surface area contributed by atoms with Crippen LogP contribution in [0.4, 0.5) is 5.95 Å². The van der Waals surface area contributed by atoms with Crippen LogP contribution in [0.2, 0.25) is 5.02 Å². The first-order chi connectivity index (χ1) is 9.74. The van der Waals surface area contributed by atoms with E-state index >= 15 is 0 Å². The molecule has 108 valence electrons. The summed E-state index contributed by atoms with van der Waals surface area (Å²) >= 11 is 5.94. The lowest BCUT2D eigenvalue weighted by Crippen LogP contribution is -2.35. The molecule has 0 spiro atoms. The van der Waals surface area contributed by atoms with Gasteiger partial charge in [0.15, 0.2) is 5.65 Å². The van der Waals surface area contributed by atoms with Gasteiger partial charge >= 0.3 is 0 Å². The van der Waals surface area contributed by atoms with Crippen molar-refractivity contribution in [2.45, 2.75) is 19.8 Å². The summed E-state index contributed by atoms with van der Waals surface area (Å²) in [5, 5.41) is 8.41. The van der Waals surface area contributed by atoms with Gasteiger partial charge in [0.25, 0.3) is 0 Å². The van der Waals surface area contributed by atoms with Gasteiger partial charge in [-0.25, -0.2) is 4.52 Å². The van der Waals surface area contributed by atoms with Crippen molar-refractivity contribution in [3.05, 3.63) is 23.4 Å². The Morgan fingerprint density at radius 1 is 1.35 bits per heavy atom. The van der Waals surface area contributed by atoms with Crippen LogP contribution in [0.25, 0.3) is 5.65 Å². The topological polar surface area (TPSA) is 45.5 Å². The van der Waals surface area contributed by atoms with E-state index in [9.17, 15) is 0 Å². The molecule has 1 aliphatic heterocycles. The largest absolute Gasteiger partial charge is 0.353 e. The monoisotopic (exact) mass is 293 g/mol. The van der Waals surface area contributed by atoms with Crippen LogP contribution in [0.1, 0.15) is 19.8 Å². The van der Waals surface area contributed by atoms with E-state index in [0.717, 1.165) is 18.7 Å². The Bertz CT molecular complexity index is 574. The predicted molar refractivity (Wildman–Crippen MR) is 81.3 cm³/mol. The fraction of sp³-hybridized carbons (Fsp3) is 0.571. The van der Waals surface area contributed by atoms with E-state index in [1.165, 1.54) is 25.9 Å². The molecule has 0 amide bonds. The summed E-state index contributed by atoms with van der Waals surface area (Å²) in [4.78, 5) is 6.94. The zero-order valence-electron chi connectivity index (χ0n) is 11.7. The summed E-state index contributed by atoms with van der Waals surface area (Å²) in [6.45, 7) is 6.75. The van der Waals surface area contributed by atoms with E-state index < -0.39 is 0 Å². The fourth-order valence-corrected chi connectivity index (χ4v) is 2.83. The molecule has 1 fully saturated rings. The highest BCUT2D eigenvalue weighted by Gasteiger charge is 2.18. The standard InChI is InChI=1S/C14H20ClN5/c1-2-19-7-5-11(6-8-19)9-16-14-17-13-4-3-12(15)10-20(13)18-14/h3-4,10-11H,2,5-9H2,1H3,(H,16,18). The number of likely N-dealkylation sites (tertiary alicyclic amines) is 1. The number of nitrogens with zero attached hydrogens (tertiary/aromatic N) is 4. The molecule has 0 unspecified atom stereocenters. The van der Waals surface area contributed by atoms with E-state index in [-0.39, 0.29) is 0 Å². The SMILES string of the molecule is CCN1CCC(CNc2nc3ccc(Cl)cn3n2)CC1. The van der Waals surface area contributed by atoms with Crippen LogP contribution in [0, 0.1) is 5.92 Å². The van der Waals surface area contributed by atoms with Crippen LogP contribution in [-0.2, 0) is 0 Å². The first-order valence-corrected chi connectivity index (χ1v) is 7.60. The van der Waals surface area contributed by atoms with E-state index in [0.29, 0.717) is 16.9 Å². The summed E-state index contributed by atoms with van der Waals surface area (Å²) in [5.41, 5.74) is 0.817. The number of piperidine rings is 1. The average Bonchev–Trinajstić information content (AvgIpc) is 2.87. The molecule has 1 aliphatic rings. The zero-order chi connectivity index (χ0) is 13.9. The molecule has 1 N–H and O–H groups in total. The van der Waals surface area contributed by atoms with Gasteiger partial charge in [0.05, 0.1) is 5.02 Å². The number of halogens is 1. The van der Waals surface area contributed by atoms with E-state index in [1.807, 2.05) is 12.1 Å². The predicted octanol–water partition coefficient (Wildman–Crippen LogP) is 2.53. The minimum atomic E-state index is 0.667. The van der Waals surface area contributed by atoms with Gasteiger partial charge in [-0.3, -0.25) is 0 Å². The van der Waals surface area contributed by atoms with Gasteiger partial charge in [-0.05, 0) is 50.5 Å². The van der Waals surface area contributed by atoms with Crippen molar-refractivity contribution in [1.29, 1.82) is 0 Å². The molecular weight excluding hydrogens is 274 g/mol. The van der Waals surface area contributed by atoms with Gasteiger partial charge in [-0.15, -0.1) is 5.10 Å². The molecule has 0 bridgehead atoms. The summed E-state index contributed by atoms with van der Waals surface area (Å²) in [5.74, 6) is 1.40. The molecule has 3 rings (SSSR count). The molecule has 0 aromatic carbocycles. The second kappa shape index (κ2) is 5.97. The van der Waals surface area contributed by atoms with Crippen molar-refractivity contribution < 1.29 is 0 Å². The molecule has 0 saturated carbocycles. The van der Waals surface area contributed by atoms with Crippen LogP contribution in [0.3, 0.4) is 0 Å². The Labute approximate surface area is 123 Å². The van der Waals surface area contributed by atoms with Gasteiger partial charge in [-0.2, -0.15) is 4.98 Å². The molecule has 2 aromatic heterocycles. The molecule has 1 saturated heterocycles. The fourth-order valence-electron chi connectivity index (χ4n) is 2.68. The maximum atomic E-state index is 5.94. The summed E-state index contributed by atoms with van der Waals surface area (Å²) in [6.07, 6.45) is 4.27. The molecule has 0 aliphatic carbocycles. The van der Waals surface area contributed by atoms with Gasteiger partial charge in [0.2, 0.25) is 5.95 Å². The number of fused-ring (bicyclic) bond motifs is 1. The van der Waals surface area contributed by atoms with Crippen molar-refractivity contribution in [2.24, 2.45) is 5.92 Å². The van der Waals surface area contributed by atoms with Crippen molar-refractivity contribution in [3.8, 4) is 0 Å². The molecular formula is C14H20ClN5. The van der Waals surface area contributed by atoms with Crippen molar-refractivity contribution in [1.82, 2.24) is 19.5 Å². The summed E-state index contributed by atoms with van der Waals surface area (Å²) in [7, 11) is 0. The second-order valence-electron chi connectivity index (χ2n) is 5.34. The molecule has 2 aromatic rings. The van der Waals surface area contributed by atoms with Crippen LogP contribution in [0.5, 0.6) is 0 Å². The Morgan fingerprint density at radius 2 is 2.15 bits per heavy atom. The third kappa shape index (κ3) is 3.04. The van der Waals surface area contributed by atoms with E-state index in [2.05, 4.69) is 27.2 Å². The minimum absolute atomic E-state index is 0.667. The molecule has 3 heterocycles. The first-order valence-electron chi connectivity index (χ1n) is 7.23. The molecule has 20 heavy (non-hydrogen) atoms. The maximum absolute atomic E-state index is 5.94. The maximum Gasteiger partial charge on any atom is 0.243 e. The molecule has 0 radical (unpaired) electrons. The highest BCUT2D eigenvalue weighted by atomic mass is 35.5. The summed E-state index contributed by atoms with van der Waals surface area (Å²) < 4.78 is 1.71. The van der Waals surface area contributed by atoms with E-state index in [1.54, 1.807) is 10.7 Å². The van der Waals surface area contributed by atoms with Gasteiger partial charge in [0.1, 0.15) is 0 Å². The van der Waals surface area contributed by atoms with Crippen molar-refractivity contribution in [2.75, 3.05) is 31.5 Å². The highest BCUT2D eigenvalue weighted by molar-refractivity contribution is 6.30. The third-order valence-corrected chi connectivity index (χ3v) is 4.22. The highest BCUT2D eigenvalue weighted by Crippen LogP contribution is 2.17. The van der Waals surface area contributed by atoms with Crippen molar-refractivity contribution in [3.63, 3.8) is 0 Å². The zero-order valence-corrected chi connectivity index (χ0v) is 12.5. The smallest absolute Gasteiger partial charge is 0.243 e. The Morgan fingerprint density at radius 3 is 2.90 bits per heavy atom. The Balaban J connectivity index is 1.57. The number of pyridine rings is 1. The molecule has 0 atom stereocenters. The number of aromatic nitrogens is 3. The second-order valence-corrected chi connectivity index (χ2v) is 5.78. The normalized spacial score (nSPS) is 17.7. The lowest BCUT2D eigenvalue weighted by atomic mass is 9.97. The van der Waals surface area contributed by atoms with Gasteiger partial charge in [-0.1, -0.05) is 18.5 Å². The Kier molecular flexibility index (Phi) is 4.08.